The molecule has 20 heavy (non-hydrogen) atoms. The van der Waals surface area contributed by atoms with Gasteiger partial charge in [-0.1, -0.05) is 11.6 Å². The quantitative estimate of drug-likeness (QED) is 0.769. The summed E-state index contributed by atoms with van der Waals surface area (Å²) in [5, 5.41) is 3.99. The Hall–Kier alpha value is -1.72. The first-order valence-electron chi connectivity index (χ1n) is 6.14. The minimum atomic E-state index is -0.311. The van der Waals surface area contributed by atoms with E-state index in [1.165, 1.54) is 23.5 Å². The highest BCUT2D eigenvalue weighted by Gasteiger charge is 2.11. The molecular formula is C14H11ClFN3S. The van der Waals surface area contributed by atoms with E-state index in [-0.39, 0.29) is 5.82 Å². The number of halogens is 2. The Kier molecular flexibility index (Phi) is 3.54. The van der Waals surface area contributed by atoms with Gasteiger partial charge >= 0.3 is 0 Å². The van der Waals surface area contributed by atoms with E-state index in [0.29, 0.717) is 21.5 Å². The summed E-state index contributed by atoms with van der Waals surface area (Å²) in [4.78, 5) is 9.80. The predicted octanol–water partition coefficient (Wildman–Crippen LogP) is 4.58. The molecule has 3 rings (SSSR count). The number of hydrogen-bond acceptors (Lipinski definition) is 4. The number of rotatable bonds is 3. The summed E-state index contributed by atoms with van der Waals surface area (Å²) in [6, 6.07) is 8.18. The summed E-state index contributed by atoms with van der Waals surface area (Å²) in [7, 11) is 0. The van der Waals surface area contributed by atoms with Crippen LogP contribution in [0, 0.1) is 5.82 Å². The lowest BCUT2D eigenvalue weighted by atomic mass is 10.2. The molecule has 1 N–H and O–H groups in total. The van der Waals surface area contributed by atoms with Crippen molar-refractivity contribution in [2.45, 2.75) is 6.92 Å². The molecule has 6 heteroatoms. The second-order valence-electron chi connectivity index (χ2n) is 4.19. The van der Waals surface area contributed by atoms with Crippen LogP contribution in [0.25, 0.3) is 21.6 Å². The van der Waals surface area contributed by atoms with Gasteiger partial charge in [0.1, 0.15) is 11.6 Å². The van der Waals surface area contributed by atoms with Gasteiger partial charge in [0.25, 0.3) is 0 Å². The Balaban J connectivity index is 2.23. The van der Waals surface area contributed by atoms with E-state index in [1.807, 2.05) is 13.0 Å². The topological polar surface area (TPSA) is 37.8 Å². The summed E-state index contributed by atoms with van der Waals surface area (Å²) >= 11 is 7.34. The first kappa shape index (κ1) is 13.3. The van der Waals surface area contributed by atoms with Crippen LogP contribution >= 0.6 is 22.9 Å². The monoisotopic (exact) mass is 307 g/mol. The third-order valence-corrected chi connectivity index (χ3v) is 4.02. The molecule has 0 radical (unpaired) electrons. The van der Waals surface area contributed by atoms with Gasteiger partial charge in [-0.3, -0.25) is 0 Å². The van der Waals surface area contributed by atoms with Gasteiger partial charge in [0.2, 0.25) is 0 Å². The number of anilines is 1. The van der Waals surface area contributed by atoms with Gasteiger partial charge < -0.3 is 5.32 Å². The molecule has 0 aliphatic rings. The number of hydrogen-bond donors (Lipinski definition) is 1. The van der Waals surface area contributed by atoms with E-state index >= 15 is 0 Å². The molecule has 2 aromatic heterocycles. The van der Waals surface area contributed by atoms with Gasteiger partial charge in [-0.25, -0.2) is 14.4 Å². The Morgan fingerprint density at radius 3 is 2.80 bits per heavy atom. The molecule has 0 aliphatic heterocycles. The third kappa shape index (κ3) is 2.46. The SMILES string of the molecule is CCNc1nc(-c2ccc(Cl)s2)nc2cc(F)ccc12. The summed E-state index contributed by atoms with van der Waals surface area (Å²) in [5.41, 5.74) is 0.579. The number of nitrogens with zero attached hydrogens (tertiary/aromatic N) is 2. The van der Waals surface area contributed by atoms with Crippen LogP contribution in [0.4, 0.5) is 10.2 Å². The maximum Gasteiger partial charge on any atom is 0.172 e. The lowest BCUT2D eigenvalue weighted by molar-refractivity contribution is 0.629. The molecule has 0 unspecified atom stereocenters. The van der Waals surface area contributed by atoms with Crippen LogP contribution in [0.2, 0.25) is 4.34 Å². The highest BCUT2D eigenvalue weighted by atomic mass is 35.5. The van der Waals surface area contributed by atoms with Crippen molar-refractivity contribution < 1.29 is 4.39 Å². The van der Waals surface area contributed by atoms with Crippen LogP contribution < -0.4 is 5.32 Å². The molecule has 0 fully saturated rings. The largest absolute Gasteiger partial charge is 0.370 e. The molecule has 102 valence electrons. The highest BCUT2D eigenvalue weighted by Crippen LogP contribution is 2.31. The fourth-order valence-electron chi connectivity index (χ4n) is 1.95. The summed E-state index contributed by atoms with van der Waals surface area (Å²) < 4.78 is 14.1. The van der Waals surface area contributed by atoms with Gasteiger partial charge in [0.15, 0.2) is 5.82 Å². The lowest BCUT2D eigenvalue weighted by Gasteiger charge is -2.08. The van der Waals surface area contributed by atoms with Crippen molar-refractivity contribution >= 4 is 39.7 Å². The van der Waals surface area contributed by atoms with Crippen molar-refractivity contribution in [2.75, 3.05) is 11.9 Å². The maximum absolute atomic E-state index is 13.4. The normalized spacial score (nSPS) is 10.9. The predicted molar refractivity (Wildman–Crippen MR) is 82.0 cm³/mol. The molecular weight excluding hydrogens is 297 g/mol. The molecule has 3 nitrogen and oxygen atoms in total. The van der Waals surface area contributed by atoms with E-state index in [1.54, 1.807) is 12.1 Å². The second kappa shape index (κ2) is 5.34. The fraction of sp³-hybridized carbons (Fsp3) is 0.143. The van der Waals surface area contributed by atoms with Crippen molar-refractivity contribution in [1.29, 1.82) is 0 Å². The van der Waals surface area contributed by atoms with Crippen LogP contribution in [-0.2, 0) is 0 Å². The summed E-state index contributed by atoms with van der Waals surface area (Å²) in [6.07, 6.45) is 0. The number of benzene rings is 1. The van der Waals surface area contributed by atoms with Crippen molar-refractivity contribution in [3.8, 4) is 10.7 Å². The molecule has 0 bridgehead atoms. The molecule has 0 spiro atoms. The Morgan fingerprint density at radius 1 is 1.25 bits per heavy atom. The first-order valence-corrected chi connectivity index (χ1v) is 7.33. The molecule has 0 saturated carbocycles. The molecule has 2 heterocycles. The van der Waals surface area contributed by atoms with Crippen LogP contribution in [0.15, 0.2) is 30.3 Å². The van der Waals surface area contributed by atoms with Crippen molar-refractivity contribution in [3.05, 3.63) is 40.5 Å². The van der Waals surface area contributed by atoms with Gasteiger partial charge in [-0.05, 0) is 31.2 Å². The molecule has 0 saturated heterocycles. The minimum absolute atomic E-state index is 0.311. The molecule has 1 aromatic carbocycles. The molecule has 3 aromatic rings. The van der Waals surface area contributed by atoms with Crippen LogP contribution in [0.3, 0.4) is 0 Å². The van der Waals surface area contributed by atoms with E-state index in [9.17, 15) is 4.39 Å². The molecule has 0 atom stereocenters. The van der Waals surface area contributed by atoms with Crippen molar-refractivity contribution in [1.82, 2.24) is 9.97 Å². The third-order valence-electron chi connectivity index (χ3n) is 2.80. The molecule has 0 aliphatic carbocycles. The number of aromatic nitrogens is 2. The Bertz CT molecular complexity index is 772. The van der Waals surface area contributed by atoms with E-state index in [2.05, 4.69) is 15.3 Å². The lowest BCUT2D eigenvalue weighted by Crippen LogP contribution is -2.02. The van der Waals surface area contributed by atoms with Gasteiger partial charge in [-0.2, -0.15) is 0 Å². The Morgan fingerprint density at radius 2 is 2.10 bits per heavy atom. The number of fused-ring (bicyclic) bond motifs is 1. The van der Waals surface area contributed by atoms with Crippen LogP contribution in [0.5, 0.6) is 0 Å². The zero-order chi connectivity index (χ0) is 14.1. The van der Waals surface area contributed by atoms with Crippen LogP contribution in [-0.4, -0.2) is 16.5 Å². The second-order valence-corrected chi connectivity index (χ2v) is 5.91. The highest BCUT2D eigenvalue weighted by molar-refractivity contribution is 7.19. The van der Waals surface area contributed by atoms with Gasteiger partial charge in [-0.15, -0.1) is 11.3 Å². The molecule has 0 amide bonds. The average molecular weight is 308 g/mol. The zero-order valence-corrected chi connectivity index (χ0v) is 12.2. The minimum Gasteiger partial charge on any atom is -0.370 e. The fourth-order valence-corrected chi connectivity index (χ4v) is 2.93. The summed E-state index contributed by atoms with van der Waals surface area (Å²) in [5.74, 6) is 0.946. The van der Waals surface area contributed by atoms with Gasteiger partial charge in [0.05, 0.1) is 14.7 Å². The van der Waals surface area contributed by atoms with Crippen molar-refractivity contribution in [2.24, 2.45) is 0 Å². The average Bonchev–Trinajstić information content (AvgIpc) is 2.85. The zero-order valence-electron chi connectivity index (χ0n) is 10.7. The summed E-state index contributed by atoms with van der Waals surface area (Å²) in [6.45, 7) is 2.72. The van der Waals surface area contributed by atoms with Crippen LogP contribution in [0.1, 0.15) is 6.92 Å². The number of thiophene rings is 1. The van der Waals surface area contributed by atoms with Gasteiger partial charge in [0, 0.05) is 18.0 Å². The van der Waals surface area contributed by atoms with E-state index < -0.39 is 0 Å². The maximum atomic E-state index is 13.4. The number of nitrogens with one attached hydrogen (secondary N) is 1. The first-order chi connectivity index (χ1) is 9.67. The van der Waals surface area contributed by atoms with E-state index in [0.717, 1.165) is 16.8 Å². The van der Waals surface area contributed by atoms with Crippen molar-refractivity contribution in [3.63, 3.8) is 0 Å². The smallest absolute Gasteiger partial charge is 0.172 e. The Labute approximate surface area is 124 Å². The van der Waals surface area contributed by atoms with E-state index in [4.69, 9.17) is 11.6 Å². The standard InChI is InChI=1S/C14H11ClFN3S/c1-2-17-13-9-4-3-8(16)7-10(9)18-14(19-13)11-5-6-12(15)20-11/h3-7H,2H2,1H3,(H,17,18,19).